The molecule has 1 fully saturated rings. The molecule has 1 aliphatic heterocycles. The molecule has 0 radical (unpaired) electrons. The summed E-state index contributed by atoms with van der Waals surface area (Å²) in [5.74, 6) is -0.284. The molecule has 0 spiro atoms. The van der Waals surface area contributed by atoms with E-state index in [-0.39, 0.29) is 5.97 Å². The van der Waals surface area contributed by atoms with E-state index in [0.717, 1.165) is 37.7 Å². The number of rotatable bonds is 4. The number of carbonyl (C=O) groups excluding carboxylic acids is 1. The van der Waals surface area contributed by atoms with E-state index >= 15 is 0 Å². The molecule has 0 unspecified atom stereocenters. The summed E-state index contributed by atoms with van der Waals surface area (Å²) in [4.78, 5) is 15.5. The van der Waals surface area contributed by atoms with Gasteiger partial charge in [0, 0.05) is 30.2 Å². The number of morpholine rings is 1. The summed E-state index contributed by atoms with van der Waals surface area (Å²) in [7, 11) is 0. The van der Waals surface area contributed by atoms with E-state index in [1.165, 1.54) is 11.3 Å². The van der Waals surface area contributed by atoms with Crippen LogP contribution in [0.1, 0.15) is 14.5 Å². The number of hydrogen-bond donors (Lipinski definition) is 1. The number of hydrogen-bond acceptors (Lipinski definition) is 6. The predicted octanol–water partition coefficient (Wildman–Crippen LogP) is 1.13. The van der Waals surface area contributed by atoms with E-state index in [0.29, 0.717) is 17.2 Å². The van der Waals surface area contributed by atoms with Crippen LogP contribution in [-0.4, -0.2) is 50.3 Å². The van der Waals surface area contributed by atoms with E-state index in [4.69, 9.17) is 15.2 Å². The van der Waals surface area contributed by atoms with Crippen molar-refractivity contribution in [2.24, 2.45) is 0 Å². The van der Waals surface area contributed by atoms with Crippen molar-refractivity contribution in [1.82, 2.24) is 4.90 Å². The summed E-state index contributed by atoms with van der Waals surface area (Å²) in [5, 5.41) is 0. The third-order valence-electron chi connectivity index (χ3n) is 2.90. The Morgan fingerprint density at radius 2 is 2.28 bits per heavy atom. The summed E-state index contributed by atoms with van der Waals surface area (Å²) in [5.41, 5.74) is 6.36. The SMILES string of the molecule is Cc1sc(C(=O)OCCN2CCOCC2)cc1N. The second-order valence-electron chi connectivity index (χ2n) is 4.21. The van der Waals surface area contributed by atoms with Crippen LogP contribution < -0.4 is 5.73 Å². The summed E-state index contributed by atoms with van der Waals surface area (Å²) in [6, 6.07) is 1.68. The zero-order valence-electron chi connectivity index (χ0n) is 10.5. The van der Waals surface area contributed by atoms with Gasteiger partial charge in [0.25, 0.3) is 0 Å². The average Bonchev–Trinajstić information content (AvgIpc) is 2.71. The van der Waals surface area contributed by atoms with Crippen LogP contribution in [0.3, 0.4) is 0 Å². The van der Waals surface area contributed by atoms with Gasteiger partial charge in [0.15, 0.2) is 0 Å². The lowest BCUT2D eigenvalue weighted by Crippen LogP contribution is -2.38. The molecular formula is C12H18N2O3S. The van der Waals surface area contributed by atoms with Crippen LogP contribution in [0.2, 0.25) is 0 Å². The Morgan fingerprint density at radius 1 is 1.56 bits per heavy atom. The molecule has 1 aromatic heterocycles. The molecule has 0 aromatic carbocycles. The van der Waals surface area contributed by atoms with Crippen molar-refractivity contribution in [3.8, 4) is 0 Å². The predicted molar refractivity (Wildman–Crippen MR) is 71.0 cm³/mol. The maximum atomic E-state index is 11.7. The first-order chi connectivity index (χ1) is 8.66. The zero-order valence-corrected chi connectivity index (χ0v) is 11.3. The minimum atomic E-state index is -0.284. The second-order valence-corrected chi connectivity index (χ2v) is 5.47. The monoisotopic (exact) mass is 270 g/mol. The van der Waals surface area contributed by atoms with Crippen molar-refractivity contribution in [1.29, 1.82) is 0 Å². The molecule has 2 N–H and O–H groups in total. The van der Waals surface area contributed by atoms with E-state index in [2.05, 4.69) is 4.90 Å². The van der Waals surface area contributed by atoms with Crippen LogP contribution in [0, 0.1) is 6.92 Å². The Hall–Kier alpha value is -1.11. The summed E-state index contributed by atoms with van der Waals surface area (Å²) >= 11 is 1.38. The molecule has 0 amide bonds. The fourth-order valence-electron chi connectivity index (χ4n) is 1.76. The van der Waals surface area contributed by atoms with Gasteiger partial charge in [0.05, 0.1) is 13.2 Å². The minimum absolute atomic E-state index is 0.284. The average molecular weight is 270 g/mol. The van der Waals surface area contributed by atoms with Crippen molar-refractivity contribution in [2.45, 2.75) is 6.92 Å². The van der Waals surface area contributed by atoms with Crippen LogP contribution in [0.5, 0.6) is 0 Å². The fourth-order valence-corrected chi connectivity index (χ4v) is 2.59. The molecule has 100 valence electrons. The van der Waals surface area contributed by atoms with Crippen molar-refractivity contribution >= 4 is 23.0 Å². The molecule has 0 saturated carbocycles. The largest absolute Gasteiger partial charge is 0.460 e. The smallest absolute Gasteiger partial charge is 0.348 e. The van der Waals surface area contributed by atoms with Crippen LogP contribution in [0.4, 0.5) is 5.69 Å². The number of carbonyl (C=O) groups is 1. The minimum Gasteiger partial charge on any atom is -0.460 e. The van der Waals surface area contributed by atoms with Crippen molar-refractivity contribution in [2.75, 3.05) is 45.2 Å². The van der Waals surface area contributed by atoms with Gasteiger partial charge in [-0.2, -0.15) is 0 Å². The van der Waals surface area contributed by atoms with E-state index in [1.807, 2.05) is 6.92 Å². The number of ether oxygens (including phenoxy) is 2. The maximum absolute atomic E-state index is 11.7. The standard InChI is InChI=1S/C12H18N2O3S/c1-9-10(13)8-11(18-9)12(15)17-7-4-14-2-5-16-6-3-14/h8H,2-7,13H2,1H3. The van der Waals surface area contributed by atoms with Gasteiger partial charge in [-0.25, -0.2) is 4.79 Å². The molecule has 18 heavy (non-hydrogen) atoms. The Morgan fingerprint density at radius 3 is 2.89 bits per heavy atom. The van der Waals surface area contributed by atoms with Crippen molar-refractivity contribution in [3.63, 3.8) is 0 Å². The number of aryl methyl sites for hydroxylation is 1. The lowest BCUT2D eigenvalue weighted by Gasteiger charge is -2.26. The zero-order chi connectivity index (χ0) is 13.0. The van der Waals surface area contributed by atoms with E-state index < -0.39 is 0 Å². The highest BCUT2D eigenvalue weighted by atomic mass is 32.1. The summed E-state index contributed by atoms with van der Waals surface area (Å²) in [6.07, 6.45) is 0. The Balaban J connectivity index is 1.74. The van der Waals surface area contributed by atoms with Gasteiger partial charge in [-0.3, -0.25) is 4.90 Å². The number of nitrogen functional groups attached to an aromatic ring is 1. The molecule has 1 aliphatic rings. The first-order valence-corrected chi connectivity index (χ1v) is 6.81. The van der Waals surface area contributed by atoms with Gasteiger partial charge in [-0.05, 0) is 13.0 Å². The lowest BCUT2D eigenvalue weighted by atomic mass is 10.4. The Labute approximate surface area is 110 Å². The highest BCUT2D eigenvalue weighted by Crippen LogP contribution is 2.23. The van der Waals surface area contributed by atoms with Crippen LogP contribution in [0.15, 0.2) is 6.07 Å². The summed E-state index contributed by atoms with van der Waals surface area (Å²) in [6.45, 7) is 6.39. The molecule has 1 saturated heterocycles. The van der Waals surface area contributed by atoms with Crippen LogP contribution in [0.25, 0.3) is 0 Å². The molecular weight excluding hydrogens is 252 g/mol. The first-order valence-electron chi connectivity index (χ1n) is 6.00. The van der Waals surface area contributed by atoms with Gasteiger partial charge >= 0.3 is 5.97 Å². The Bertz CT molecular complexity index is 394. The number of esters is 1. The summed E-state index contributed by atoms with van der Waals surface area (Å²) < 4.78 is 10.5. The Kier molecular flexibility index (Phi) is 4.57. The van der Waals surface area contributed by atoms with Gasteiger partial charge < -0.3 is 15.2 Å². The molecule has 0 atom stereocenters. The van der Waals surface area contributed by atoms with Crippen molar-refractivity contribution < 1.29 is 14.3 Å². The molecule has 2 rings (SSSR count). The third-order valence-corrected chi connectivity index (χ3v) is 3.95. The van der Waals surface area contributed by atoms with E-state index in [9.17, 15) is 4.79 Å². The number of anilines is 1. The normalized spacial score (nSPS) is 16.7. The highest BCUT2D eigenvalue weighted by Gasteiger charge is 2.14. The van der Waals surface area contributed by atoms with Crippen LogP contribution >= 0.6 is 11.3 Å². The molecule has 5 nitrogen and oxygen atoms in total. The second kappa shape index (κ2) is 6.17. The molecule has 0 bridgehead atoms. The number of thiophene rings is 1. The van der Waals surface area contributed by atoms with Gasteiger partial charge in [0.2, 0.25) is 0 Å². The third kappa shape index (κ3) is 3.44. The fraction of sp³-hybridized carbons (Fsp3) is 0.583. The maximum Gasteiger partial charge on any atom is 0.348 e. The highest BCUT2D eigenvalue weighted by molar-refractivity contribution is 7.14. The number of nitrogens with two attached hydrogens (primary N) is 1. The molecule has 2 heterocycles. The van der Waals surface area contributed by atoms with E-state index in [1.54, 1.807) is 6.07 Å². The molecule has 6 heteroatoms. The molecule has 0 aliphatic carbocycles. The van der Waals surface area contributed by atoms with Gasteiger partial charge in [0.1, 0.15) is 11.5 Å². The van der Waals surface area contributed by atoms with Gasteiger partial charge in [-0.15, -0.1) is 11.3 Å². The topological polar surface area (TPSA) is 64.8 Å². The molecule has 1 aromatic rings. The van der Waals surface area contributed by atoms with Crippen LogP contribution in [-0.2, 0) is 9.47 Å². The van der Waals surface area contributed by atoms with Gasteiger partial charge in [-0.1, -0.05) is 0 Å². The van der Waals surface area contributed by atoms with Crippen molar-refractivity contribution in [3.05, 3.63) is 15.8 Å². The number of nitrogens with zero attached hydrogens (tertiary/aromatic N) is 1. The first kappa shape index (κ1) is 13.3. The lowest BCUT2D eigenvalue weighted by molar-refractivity contribution is 0.0197. The quantitative estimate of drug-likeness (QED) is 0.831.